The number of hydrogen-bond donors (Lipinski definition) is 1. The largest absolute Gasteiger partial charge is 0.366 e. The molecule has 0 radical (unpaired) electrons. The Morgan fingerprint density at radius 1 is 1.19 bits per heavy atom. The molecule has 1 aliphatic carbocycles. The van der Waals surface area contributed by atoms with Gasteiger partial charge in [0.15, 0.2) is 0 Å². The van der Waals surface area contributed by atoms with Crippen LogP contribution < -0.4 is 5.32 Å². The molecule has 1 saturated carbocycles. The second kappa shape index (κ2) is 4.30. The van der Waals surface area contributed by atoms with Gasteiger partial charge in [0.2, 0.25) is 0 Å². The lowest BCUT2D eigenvalue weighted by Crippen LogP contribution is -2.61. The van der Waals surface area contributed by atoms with Crippen molar-refractivity contribution in [1.29, 1.82) is 0 Å². The monoisotopic (exact) mass is 225 g/mol. The van der Waals surface area contributed by atoms with E-state index in [4.69, 9.17) is 4.74 Å². The highest BCUT2D eigenvalue weighted by Crippen LogP contribution is 2.42. The molecule has 0 aromatic heterocycles. The number of hydrogen-bond acceptors (Lipinski definition) is 2. The summed E-state index contributed by atoms with van der Waals surface area (Å²) in [6.45, 7) is 11.3. The van der Waals surface area contributed by atoms with Gasteiger partial charge in [-0.25, -0.2) is 0 Å². The lowest BCUT2D eigenvalue weighted by molar-refractivity contribution is -0.196. The van der Waals surface area contributed by atoms with Gasteiger partial charge in [0.25, 0.3) is 0 Å². The van der Waals surface area contributed by atoms with Gasteiger partial charge < -0.3 is 10.1 Å². The van der Waals surface area contributed by atoms with Crippen LogP contribution in [0.25, 0.3) is 0 Å². The van der Waals surface area contributed by atoms with Crippen LogP contribution in [0.2, 0.25) is 0 Å². The fourth-order valence-electron chi connectivity index (χ4n) is 3.78. The summed E-state index contributed by atoms with van der Waals surface area (Å²) in [6.07, 6.45) is 4.94. The minimum atomic E-state index is 0.0506. The molecule has 1 N–H and O–H groups in total. The Hall–Kier alpha value is -0.0800. The molecule has 94 valence electrons. The van der Waals surface area contributed by atoms with Crippen LogP contribution >= 0.6 is 0 Å². The number of morpholine rings is 1. The predicted octanol–water partition coefficient (Wildman–Crippen LogP) is 2.97. The summed E-state index contributed by atoms with van der Waals surface area (Å²) in [5.41, 5.74) is 0.176. The molecule has 1 spiro atoms. The molecule has 16 heavy (non-hydrogen) atoms. The first kappa shape index (κ1) is 12.4. The zero-order chi connectivity index (χ0) is 11.8. The number of ether oxygens (including phenoxy) is 1. The molecule has 2 nitrogen and oxygen atoms in total. The normalized spacial score (nSPS) is 49.5. The standard InChI is InChI=1S/C14H27NO/c1-5-13(4)9-15-10-14(16-13)7-11(2)6-12(3)8-14/h11-12,15H,5-10H2,1-4H3. The summed E-state index contributed by atoms with van der Waals surface area (Å²) >= 11 is 0. The molecule has 2 rings (SSSR count). The van der Waals surface area contributed by atoms with Crippen molar-refractivity contribution < 1.29 is 4.74 Å². The van der Waals surface area contributed by atoms with E-state index in [-0.39, 0.29) is 11.2 Å². The van der Waals surface area contributed by atoms with E-state index >= 15 is 0 Å². The zero-order valence-corrected chi connectivity index (χ0v) is 11.3. The number of nitrogens with one attached hydrogen (secondary N) is 1. The average molecular weight is 225 g/mol. The molecule has 1 heterocycles. The highest BCUT2D eigenvalue weighted by Gasteiger charge is 2.45. The van der Waals surface area contributed by atoms with Crippen molar-refractivity contribution in [1.82, 2.24) is 5.32 Å². The second-order valence-corrected chi connectivity index (χ2v) is 6.55. The van der Waals surface area contributed by atoms with Crippen LogP contribution in [-0.4, -0.2) is 24.3 Å². The van der Waals surface area contributed by atoms with Crippen LogP contribution in [0.15, 0.2) is 0 Å². The van der Waals surface area contributed by atoms with E-state index < -0.39 is 0 Å². The third kappa shape index (κ3) is 2.43. The van der Waals surface area contributed by atoms with Crippen molar-refractivity contribution in [2.24, 2.45) is 11.8 Å². The molecule has 0 aromatic carbocycles. The maximum atomic E-state index is 6.53. The Morgan fingerprint density at radius 3 is 2.38 bits per heavy atom. The van der Waals surface area contributed by atoms with Gasteiger partial charge in [-0.3, -0.25) is 0 Å². The van der Waals surface area contributed by atoms with Crippen LogP contribution in [0, 0.1) is 11.8 Å². The molecule has 1 saturated heterocycles. The van der Waals surface area contributed by atoms with E-state index in [2.05, 4.69) is 33.0 Å². The van der Waals surface area contributed by atoms with Crippen LogP contribution in [0.4, 0.5) is 0 Å². The van der Waals surface area contributed by atoms with E-state index in [0.717, 1.165) is 31.3 Å². The first-order valence-electron chi connectivity index (χ1n) is 6.88. The first-order chi connectivity index (χ1) is 7.47. The Balaban J connectivity index is 2.11. The lowest BCUT2D eigenvalue weighted by Gasteiger charge is -2.51. The van der Waals surface area contributed by atoms with E-state index in [1.807, 2.05) is 0 Å². The molecule has 2 fully saturated rings. The van der Waals surface area contributed by atoms with E-state index in [0.29, 0.717) is 0 Å². The third-order valence-corrected chi connectivity index (χ3v) is 4.40. The molecule has 0 amide bonds. The highest BCUT2D eigenvalue weighted by atomic mass is 16.5. The van der Waals surface area contributed by atoms with Gasteiger partial charge in [0.1, 0.15) is 0 Å². The zero-order valence-electron chi connectivity index (χ0n) is 11.3. The van der Waals surface area contributed by atoms with Crippen LogP contribution in [0.5, 0.6) is 0 Å². The van der Waals surface area contributed by atoms with Gasteiger partial charge in [-0.15, -0.1) is 0 Å². The summed E-state index contributed by atoms with van der Waals surface area (Å²) in [5, 5.41) is 3.60. The predicted molar refractivity (Wildman–Crippen MR) is 67.6 cm³/mol. The Morgan fingerprint density at radius 2 is 1.81 bits per heavy atom. The smallest absolute Gasteiger partial charge is 0.0819 e. The van der Waals surface area contributed by atoms with Crippen molar-refractivity contribution in [2.75, 3.05) is 13.1 Å². The molecule has 2 heteroatoms. The van der Waals surface area contributed by atoms with E-state index in [1.54, 1.807) is 0 Å². The van der Waals surface area contributed by atoms with Crippen molar-refractivity contribution >= 4 is 0 Å². The maximum absolute atomic E-state index is 6.53. The molecule has 1 aliphatic heterocycles. The Labute approximate surface area is 100 Å². The van der Waals surface area contributed by atoms with Crippen LogP contribution in [-0.2, 0) is 4.74 Å². The van der Waals surface area contributed by atoms with Gasteiger partial charge >= 0.3 is 0 Å². The fraction of sp³-hybridized carbons (Fsp3) is 1.00. The summed E-state index contributed by atoms with van der Waals surface area (Å²) in [4.78, 5) is 0. The highest BCUT2D eigenvalue weighted by molar-refractivity contribution is 4.98. The summed E-state index contributed by atoms with van der Waals surface area (Å²) in [5.74, 6) is 1.62. The first-order valence-corrected chi connectivity index (χ1v) is 6.88. The van der Waals surface area contributed by atoms with Crippen molar-refractivity contribution in [3.8, 4) is 0 Å². The summed E-state index contributed by atoms with van der Waals surface area (Å²) in [6, 6.07) is 0. The molecule has 2 aliphatic rings. The van der Waals surface area contributed by atoms with E-state index in [9.17, 15) is 0 Å². The van der Waals surface area contributed by atoms with Crippen molar-refractivity contribution in [2.45, 2.75) is 64.6 Å². The molecule has 3 atom stereocenters. The molecule has 0 aromatic rings. The Bertz CT molecular complexity index is 243. The topological polar surface area (TPSA) is 21.3 Å². The van der Waals surface area contributed by atoms with Gasteiger partial charge in [-0.05, 0) is 44.4 Å². The summed E-state index contributed by atoms with van der Waals surface area (Å²) < 4.78 is 6.53. The van der Waals surface area contributed by atoms with Gasteiger partial charge in [-0.1, -0.05) is 20.8 Å². The molecular weight excluding hydrogens is 198 g/mol. The SMILES string of the molecule is CCC1(C)CNCC2(CC(C)CC(C)C2)O1. The average Bonchev–Trinajstić information content (AvgIpc) is 2.15. The maximum Gasteiger partial charge on any atom is 0.0819 e. The fourth-order valence-corrected chi connectivity index (χ4v) is 3.78. The van der Waals surface area contributed by atoms with Crippen molar-refractivity contribution in [3.63, 3.8) is 0 Å². The molecular formula is C14H27NO. The minimum Gasteiger partial charge on any atom is -0.366 e. The molecule has 3 unspecified atom stereocenters. The van der Waals surface area contributed by atoms with Crippen LogP contribution in [0.1, 0.15) is 53.4 Å². The van der Waals surface area contributed by atoms with Crippen molar-refractivity contribution in [3.05, 3.63) is 0 Å². The van der Waals surface area contributed by atoms with Gasteiger partial charge in [-0.2, -0.15) is 0 Å². The number of rotatable bonds is 1. The molecule has 0 bridgehead atoms. The Kier molecular flexibility index (Phi) is 3.33. The van der Waals surface area contributed by atoms with Gasteiger partial charge in [0.05, 0.1) is 11.2 Å². The van der Waals surface area contributed by atoms with Crippen LogP contribution in [0.3, 0.4) is 0 Å². The second-order valence-electron chi connectivity index (χ2n) is 6.55. The van der Waals surface area contributed by atoms with E-state index in [1.165, 1.54) is 19.3 Å². The lowest BCUT2D eigenvalue weighted by atomic mass is 9.72. The van der Waals surface area contributed by atoms with Gasteiger partial charge in [0, 0.05) is 13.1 Å². The third-order valence-electron chi connectivity index (χ3n) is 4.40. The quantitative estimate of drug-likeness (QED) is 0.741. The summed E-state index contributed by atoms with van der Waals surface area (Å²) in [7, 11) is 0. The minimum absolute atomic E-state index is 0.0506.